The third kappa shape index (κ3) is 3.70. The van der Waals surface area contributed by atoms with E-state index in [1.165, 1.54) is 23.3 Å². The summed E-state index contributed by atoms with van der Waals surface area (Å²) in [7, 11) is 1.66. The second-order valence-corrected chi connectivity index (χ2v) is 5.83. The Morgan fingerprint density at radius 3 is 2.70 bits per heavy atom. The van der Waals surface area contributed by atoms with Gasteiger partial charge in [-0.2, -0.15) is 0 Å². The van der Waals surface area contributed by atoms with Crippen LogP contribution in [0.3, 0.4) is 0 Å². The maximum Gasteiger partial charge on any atom is 0.223 e. The average molecular weight is 313 g/mol. The number of fused-ring (bicyclic) bond motifs is 1. The van der Waals surface area contributed by atoms with E-state index in [2.05, 4.69) is 6.07 Å². The number of ether oxygens (including phenoxy) is 1. The summed E-state index contributed by atoms with van der Waals surface area (Å²) in [5.74, 6) is 0.763. The maximum absolute atomic E-state index is 12.9. The van der Waals surface area contributed by atoms with Crippen LogP contribution in [0.1, 0.15) is 23.1 Å². The van der Waals surface area contributed by atoms with Gasteiger partial charge in [0.05, 0.1) is 7.11 Å². The molecule has 2 aromatic carbocycles. The van der Waals surface area contributed by atoms with Crippen molar-refractivity contribution in [2.45, 2.75) is 25.8 Å². The molecule has 3 nitrogen and oxygen atoms in total. The summed E-state index contributed by atoms with van der Waals surface area (Å²) < 4.78 is 18.1. The van der Waals surface area contributed by atoms with Crippen molar-refractivity contribution in [3.63, 3.8) is 0 Å². The highest BCUT2D eigenvalue weighted by Crippen LogP contribution is 2.24. The molecule has 1 heterocycles. The van der Waals surface area contributed by atoms with Gasteiger partial charge in [-0.05, 0) is 53.8 Å². The Bertz CT molecular complexity index is 697. The van der Waals surface area contributed by atoms with Gasteiger partial charge in [-0.25, -0.2) is 4.39 Å². The highest BCUT2D eigenvalue weighted by molar-refractivity contribution is 5.76. The molecule has 0 bridgehead atoms. The Morgan fingerprint density at radius 1 is 1.17 bits per heavy atom. The zero-order valence-corrected chi connectivity index (χ0v) is 13.2. The number of carbonyl (C=O) groups is 1. The quantitative estimate of drug-likeness (QED) is 0.866. The van der Waals surface area contributed by atoms with Gasteiger partial charge < -0.3 is 9.64 Å². The van der Waals surface area contributed by atoms with Crippen LogP contribution in [0.25, 0.3) is 0 Å². The molecule has 0 saturated carbocycles. The van der Waals surface area contributed by atoms with Crippen LogP contribution in [0.5, 0.6) is 5.75 Å². The lowest BCUT2D eigenvalue weighted by molar-refractivity contribution is -0.132. The molecule has 0 fully saturated rings. The number of benzene rings is 2. The summed E-state index contributed by atoms with van der Waals surface area (Å²) in [6.45, 7) is 1.39. The van der Waals surface area contributed by atoms with E-state index in [-0.39, 0.29) is 11.7 Å². The summed E-state index contributed by atoms with van der Waals surface area (Å²) in [4.78, 5) is 14.3. The van der Waals surface area contributed by atoms with Crippen molar-refractivity contribution >= 4 is 5.91 Å². The van der Waals surface area contributed by atoms with Crippen LogP contribution < -0.4 is 4.74 Å². The zero-order chi connectivity index (χ0) is 16.2. The van der Waals surface area contributed by atoms with Crippen molar-refractivity contribution in [3.8, 4) is 5.75 Å². The van der Waals surface area contributed by atoms with Gasteiger partial charge >= 0.3 is 0 Å². The standard InChI is InChI=1S/C19H20FNO2/c1-23-18-8-5-16-13-21(11-10-15(16)12-18)19(22)9-4-14-2-6-17(20)7-3-14/h2-3,5-8,12H,4,9-11,13H2,1H3. The SMILES string of the molecule is COc1ccc2c(c1)CCN(C(=O)CCc1ccc(F)cc1)C2. The van der Waals surface area contributed by atoms with E-state index in [1.54, 1.807) is 19.2 Å². The van der Waals surface area contributed by atoms with Crippen LogP contribution >= 0.6 is 0 Å². The Morgan fingerprint density at radius 2 is 1.96 bits per heavy atom. The van der Waals surface area contributed by atoms with E-state index in [0.717, 1.165) is 24.3 Å². The molecule has 2 aromatic rings. The average Bonchev–Trinajstić information content (AvgIpc) is 2.60. The number of hydrogen-bond donors (Lipinski definition) is 0. The lowest BCUT2D eigenvalue weighted by atomic mass is 9.99. The van der Waals surface area contributed by atoms with Gasteiger partial charge in [-0.15, -0.1) is 0 Å². The lowest BCUT2D eigenvalue weighted by Crippen LogP contribution is -2.36. The van der Waals surface area contributed by atoms with Gasteiger partial charge in [0.1, 0.15) is 11.6 Å². The van der Waals surface area contributed by atoms with Gasteiger partial charge in [0, 0.05) is 19.5 Å². The van der Waals surface area contributed by atoms with Gasteiger partial charge in [-0.3, -0.25) is 4.79 Å². The van der Waals surface area contributed by atoms with E-state index < -0.39 is 0 Å². The molecule has 0 spiro atoms. The smallest absolute Gasteiger partial charge is 0.223 e. The highest BCUT2D eigenvalue weighted by Gasteiger charge is 2.20. The first-order valence-corrected chi connectivity index (χ1v) is 7.84. The van der Waals surface area contributed by atoms with Crippen LogP contribution in [0.2, 0.25) is 0 Å². The number of aryl methyl sites for hydroxylation is 1. The van der Waals surface area contributed by atoms with Crippen molar-refractivity contribution < 1.29 is 13.9 Å². The van der Waals surface area contributed by atoms with Crippen molar-refractivity contribution in [1.82, 2.24) is 4.90 Å². The van der Waals surface area contributed by atoms with Crippen molar-refractivity contribution in [2.75, 3.05) is 13.7 Å². The highest BCUT2D eigenvalue weighted by atomic mass is 19.1. The fourth-order valence-corrected chi connectivity index (χ4v) is 2.93. The number of nitrogens with zero attached hydrogens (tertiary/aromatic N) is 1. The van der Waals surface area contributed by atoms with E-state index in [1.807, 2.05) is 17.0 Å². The third-order valence-electron chi connectivity index (χ3n) is 4.32. The summed E-state index contributed by atoms with van der Waals surface area (Å²) in [6, 6.07) is 12.4. The van der Waals surface area contributed by atoms with Crippen LogP contribution in [0.15, 0.2) is 42.5 Å². The molecular weight excluding hydrogens is 293 g/mol. The van der Waals surface area contributed by atoms with Gasteiger partial charge in [-0.1, -0.05) is 18.2 Å². The molecule has 4 heteroatoms. The minimum atomic E-state index is -0.247. The van der Waals surface area contributed by atoms with Gasteiger partial charge in [0.2, 0.25) is 5.91 Å². The van der Waals surface area contributed by atoms with Crippen LogP contribution in [0.4, 0.5) is 4.39 Å². The third-order valence-corrected chi connectivity index (χ3v) is 4.32. The summed E-state index contributed by atoms with van der Waals surface area (Å²) >= 11 is 0. The molecule has 0 aromatic heterocycles. The summed E-state index contributed by atoms with van der Waals surface area (Å²) in [5.41, 5.74) is 3.43. The van der Waals surface area contributed by atoms with E-state index in [0.29, 0.717) is 19.4 Å². The normalized spacial score (nSPS) is 13.6. The summed E-state index contributed by atoms with van der Waals surface area (Å²) in [6.07, 6.45) is 1.96. The Hall–Kier alpha value is -2.36. The molecule has 0 aliphatic carbocycles. The predicted octanol–water partition coefficient (Wildman–Crippen LogP) is 3.35. The lowest BCUT2D eigenvalue weighted by Gasteiger charge is -2.29. The summed E-state index contributed by atoms with van der Waals surface area (Å²) in [5, 5.41) is 0. The minimum Gasteiger partial charge on any atom is -0.497 e. The molecule has 120 valence electrons. The van der Waals surface area contributed by atoms with Gasteiger partial charge in [0.25, 0.3) is 0 Å². The predicted molar refractivity (Wildman–Crippen MR) is 86.8 cm³/mol. The largest absolute Gasteiger partial charge is 0.497 e. The number of methoxy groups -OCH3 is 1. The first kappa shape index (κ1) is 15.5. The van der Waals surface area contributed by atoms with Crippen molar-refractivity contribution in [1.29, 1.82) is 0 Å². The molecule has 0 saturated heterocycles. The zero-order valence-electron chi connectivity index (χ0n) is 13.2. The van der Waals surface area contributed by atoms with Crippen molar-refractivity contribution in [2.24, 2.45) is 0 Å². The number of carbonyl (C=O) groups excluding carboxylic acids is 1. The van der Waals surface area contributed by atoms with E-state index >= 15 is 0 Å². The topological polar surface area (TPSA) is 29.5 Å². The molecule has 0 radical (unpaired) electrons. The van der Waals surface area contributed by atoms with Gasteiger partial charge in [0.15, 0.2) is 0 Å². The van der Waals surface area contributed by atoms with Crippen LogP contribution in [-0.4, -0.2) is 24.5 Å². The molecule has 3 rings (SSSR count). The Kier molecular flexibility index (Phi) is 4.60. The monoisotopic (exact) mass is 313 g/mol. The molecular formula is C19H20FNO2. The molecule has 0 atom stereocenters. The first-order valence-electron chi connectivity index (χ1n) is 7.84. The second-order valence-electron chi connectivity index (χ2n) is 5.83. The molecule has 0 unspecified atom stereocenters. The maximum atomic E-state index is 12.9. The minimum absolute atomic E-state index is 0.149. The fraction of sp³-hybridized carbons (Fsp3) is 0.316. The number of halogens is 1. The second kappa shape index (κ2) is 6.82. The van der Waals surface area contributed by atoms with Crippen LogP contribution in [-0.2, 0) is 24.2 Å². The molecule has 23 heavy (non-hydrogen) atoms. The Balaban J connectivity index is 1.59. The Labute approximate surface area is 135 Å². The molecule has 1 aliphatic heterocycles. The first-order chi connectivity index (χ1) is 11.2. The fourth-order valence-electron chi connectivity index (χ4n) is 2.93. The number of amides is 1. The molecule has 0 N–H and O–H groups in total. The number of hydrogen-bond acceptors (Lipinski definition) is 2. The molecule has 1 amide bonds. The van der Waals surface area contributed by atoms with E-state index in [9.17, 15) is 9.18 Å². The van der Waals surface area contributed by atoms with E-state index in [4.69, 9.17) is 4.74 Å². The van der Waals surface area contributed by atoms with Crippen molar-refractivity contribution in [3.05, 3.63) is 65.0 Å². The molecule has 1 aliphatic rings. The van der Waals surface area contributed by atoms with Crippen LogP contribution in [0, 0.1) is 5.82 Å². The number of rotatable bonds is 4.